The fraction of sp³-hybridized carbons (Fsp3) is 0.348. The quantitative estimate of drug-likeness (QED) is 0.284. The van der Waals surface area contributed by atoms with Crippen molar-refractivity contribution in [2.45, 2.75) is 43.0 Å². The van der Waals surface area contributed by atoms with Crippen molar-refractivity contribution in [3.63, 3.8) is 0 Å². The lowest BCUT2D eigenvalue weighted by atomic mass is 9.80. The number of nitrogens with one attached hydrogen (secondary N) is 1. The Labute approximate surface area is 195 Å². The summed E-state index contributed by atoms with van der Waals surface area (Å²) >= 11 is 9.52. The van der Waals surface area contributed by atoms with Crippen molar-refractivity contribution in [2.24, 2.45) is 5.10 Å². The van der Waals surface area contributed by atoms with E-state index in [1.54, 1.807) is 17.6 Å². The largest absolute Gasteiger partial charge is 0.369 e. The summed E-state index contributed by atoms with van der Waals surface area (Å²) in [5.41, 5.74) is 6.85. The van der Waals surface area contributed by atoms with Crippen molar-refractivity contribution < 1.29 is 4.79 Å². The van der Waals surface area contributed by atoms with Crippen LogP contribution in [0.2, 0.25) is 5.02 Å². The molecule has 0 saturated heterocycles. The molecule has 1 aromatic heterocycles. The van der Waals surface area contributed by atoms with E-state index in [2.05, 4.69) is 54.3 Å². The van der Waals surface area contributed by atoms with E-state index in [0.717, 1.165) is 32.2 Å². The van der Waals surface area contributed by atoms with Crippen LogP contribution in [-0.2, 0) is 4.79 Å². The van der Waals surface area contributed by atoms with Crippen molar-refractivity contribution in [3.8, 4) is 0 Å². The number of halogens is 1. The zero-order chi connectivity index (χ0) is 22.2. The van der Waals surface area contributed by atoms with Gasteiger partial charge in [0.05, 0.1) is 27.2 Å². The summed E-state index contributed by atoms with van der Waals surface area (Å²) in [4.78, 5) is 19.0. The van der Waals surface area contributed by atoms with Gasteiger partial charge in [0, 0.05) is 23.8 Å². The number of anilines is 1. The maximum Gasteiger partial charge on any atom is 0.250 e. The van der Waals surface area contributed by atoms with Gasteiger partial charge >= 0.3 is 0 Å². The zero-order valence-electron chi connectivity index (χ0n) is 18.0. The molecule has 0 radical (unpaired) electrons. The highest BCUT2D eigenvalue weighted by Crippen LogP contribution is 2.44. The molecule has 2 heterocycles. The smallest absolute Gasteiger partial charge is 0.250 e. The number of carbonyl (C=O) groups is 1. The summed E-state index contributed by atoms with van der Waals surface area (Å²) in [6.45, 7) is 6.73. The molecular formula is C23H25ClN4OS2. The van der Waals surface area contributed by atoms with Crippen LogP contribution in [0.15, 0.2) is 45.8 Å². The first kappa shape index (κ1) is 22.1. The van der Waals surface area contributed by atoms with E-state index in [9.17, 15) is 4.79 Å². The van der Waals surface area contributed by atoms with Crippen molar-refractivity contribution in [3.05, 3.63) is 52.5 Å². The van der Waals surface area contributed by atoms with Crippen LogP contribution in [0, 0.1) is 0 Å². The number of para-hydroxylation sites is 1. The van der Waals surface area contributed by atoms with E-state index >= 15 is 0 Å². The second-order valence-corrected chi connectivity index (χ2v) is 11.1. The molecule has 0 saturated carbocycles. The highest BCUT2D eigenvalue weighted by Gasteiger charge is 2.34. The molecule has 0 fully saturated rings. The Hall–Kier alpha value is -2.09. The van der Waals surface area contributed by atoms with Crippen molar-refractivity contribution in [1.82, 2.24) is 10.4 Å². The van der Waals surface area contributed by atoms with E-state index in [1.807, 2.05) is 30.3 Å². The van der Waals surface area contributed by atoms with Gasteiger partial charge in [-0.15, -0.1) is 11.3 Å². The van der Waals surface area contributed by atoms with E-state index in [-0.39, 0.29) is 17.2 Å². The third-order valence-corrected chi connectivity index (χ3v) is 8.25. The second-order valence-electron chi connectivity index (χ2n) is 8.44. The fourth-order valence-electron chi connectivity index (χ4n) is 3.95. The number of hydrazone groups is 1. The standard InChI is InChI=1S/C23H25ClN4OS2/c1-14-11-23(2,3)28(4)19-10-17(24)15(9-16(14)19)12-25-27-21(29)13-30-22-26-18-7-5-6-8-20(18)31-22/h5-10,12,14H,11,13H2,1-4H3,(H,27,29)/b25-12+. The molecule has 1 amide bonds. The molecule has 0 aliphatic carbocycles. The highest BCUT2D eigenvalue weighted by atomic mass is 35.5. The topological polar surface area (TPSA) is 57.6 Å². The lowest BCUT2D eigenvalue weighted by molar-refractivity contribution is -0.118. The van der Waals surface area contributed by atoms with Gasteiger partial charge in [-0.05, 0) is 56.0 Å². The molecule has 0 bridgehead atoms. The second kappa shape index (κ2) is 8.81. The summed E-state index contributed by atoms with van der Waals surface area (Å²) in [5, 5.41) is 4.75. The maximum absolute atomic E-state index is 12.2. The maximum atomic E-state index is 12.2. The Balaban J connectivity index is 1.39. The average molecular weight is 473 g/mol. The predicted molar refractivity (Wildman–Crippen MR) is 133 cm³/mol. The molecule has 5 nitrogen and oxygen atoms in total. The molecule has 3 aromatic rings. The summed E-state index contributed by atoms with van der Waals surface area (Å²) in [6.07, 6.45) is 2.68. The molecule has 1 atom stereocenters. The first-order valence-electron chi connectivity index (χ1n) is 10.1. The number of thiazole rings is 1. The third-order valence-electron chi connectivity index (χ3n) is 5.75. The van der Waals surface area contributed by atoms with Gasteiger partial charge < -0.3 is 4.90 Å². The minimum atomic E-state index is -0.176. The third kappa shape index (κ3) is 4.73. The number of hydrogen-bond donors (Lipinski definition) is 1. The summed E-state index contributed by atoms with van der Waals surface area (Å²) < 4.78 is 1.99. The lowest BCUT2D eigenvalue weighted by Gasteiger charge is -2.45. The number of thioether (sulfide) groups is 1. The Morgan fingerprint density at radius 2 is 2.19 bits per heavy atom. The van der Waals surface area contributed by atoms with Crippen LogP contribution in [-0.4, -0.2) is 35.4 Å². The predicted octanol–water partition coefficient (Wildman–Crippen LogP) is 5.91. The molecule has 31 heavy (non-hydrogen) atoms. The van der Waals surface area contributed by atoms with E-state index in [0.29, 0.717) is 10.9 Å². The van der Waals surface area contributed by atoms with Crippen LogP contribution in [0.4, 0.5) is 5.69 Å². The van der Waals surface area contributed by atoms with Crippen LogP contribution < -0.4 is 10.3 Å². The Morgan fingerprint density at radius 3 is 2.97 bits per heavy atom. The molecule has 162 valence electrons. The summed E-state index contributed by atoms with van der Waals surface area (Å²) in [6, 6.07) is 12.0. The molecule has 1 aliphatic rings. The Kier molecular flexibility index (Phi) is 6.28. The van der Waals surface area contributed by atoms with Gasteiger partial charge in [0.15, 0.2) is 4.34 Å². The van der Waals surface area contributed by atoms with Gasteiger partial charge in [0.25, 0.3) is 5.91 Å². The highest BCUT2D eigenvalue weighted by molar-refractivity contribution is 8.01. The number of nitrogens with zero attached hydrogens (tertiary/aromatic N) is 3. The van der Waals surface area contributed by atoms with E-state index in [4.69, 9.17) is 11.6 Å². The number of carbonyl (C=O) groups excluding carboxylic acids is 1. The van der Waals surface area contributed by atoms with Crippen LogP contribution >= 0.6 is 34.7 Å². The monoisotopic (exact) mass is 472 g/mol. The van der Waals surface area contributed by atoms with Gasteiger partial charge in [-0.1, -0.05) is 42.4 Å². The molecule has 4 rings (SSSR count). The first-order valence-corrected chi connectivity index (χ1v) is 12.3. The molecule has 8 heteroatoms. The number of rotatable bonds is 5. The Bertz CT molecular complexity index is 1120. The molecular weight excluding hydrogens is 448 g/mol. The van der Waals surface area contributed by atoms with Crippen LogP contribution in [0.3, 0.4) is 0 Å². The van der Waals surface area contributed by atoms with Gasteiger partial charge in [0.1, 0.15) is 0 Å². The first-order chi connectivity index (χ1) is 14.7. The van der Waals surface area contributed by atoms with Crippen molar-refractivity contribution in [2.75, 3.05) is 17.7 Å². The van der Waals surface area contributed by atoms with Crippen LogP contribution in [0.1, 0.15) is 44.2 Å². The van der Waals surface area contributed by atoms with Crippen molar-refractivity contribution in [1.29, 1.82) is 0 Å². The molecule has 1 aliphatic heterocycles. The number of fused-ring (bicyclic) bond motifs is 2. The number of benzene rings is 2. The lowest BCUT2D eigenvalue weighted by Crippen LogP contribution is -2.45. The number of hydrogen-bond acceptors (Lipinski definition) is 6. The number of amides is 1. The molecule has 0 spiro atoms. The SMILES string of the molecule is CC1CC(C)(C)N(C)c2cc(Cl)c(/C=N/NC(=O)CSc3nc4ccccc4s3)cc21. The van der Waals surface area contributed by atoms with Gasteiger partial charge in [-0.25, -0.2) is 10.4 Å². The molecule has 1 unspecified atom stereocenters. The fourth-order valence-corrected chi connectivity index (χ4v) is 6.02. The molecule has 1 N–H and O–H groups in total. The minimum absolute atomic E-state index is 0.0836. The molecule has 2 aromatic carbocycles. The van der Waals surface area contributed by atoms with E-state index in [1.165, 1.54) is 17.3 Å². The normalized spacial score (nSPS) is 17.8. The number of aromatic nitrogens is 1. The van der Waals surface area contributed by atoms with Gasteiger partial charge in [0.2, 0.25) is 0 Å². The van der Waals surface area contributed by atoms with Crippen LogP contribution in [0.25, 0.3) is 10.2 Å². The van der Waals surface area contributed by atoms with Gasteiger partial charge in [-0.2, -0.15) is 5.10 Å². The Morgan fingerprint density at radius 1 is 1.42 bits per heavy atom. The average Bonchev–Trinajstić information content (AvgIpc) is 3.14. The van der Waals surface area contributed by atoms with Crippen LogP contribution in [0.5, 0.6) is 0 Å². The summed E-state index contributed by atoms with van der Waals surface area (Å²) in [7, 11) is 2.11. The summed E-state index contributed by atoms with van der Waals surface area (Å²) in [5.74, 6) is 0.501. The van der Waals surface area contributed by atoms with Crippen molar-refractivity contribution >= 4 is 62.7 Å². The van der Waals surface area contributed by atoms with Gasteiger partial charge in [-0.3, -0.25) is 4.79 Å². The van der Waals surface area contributed by atoms with E-state index < -0.39 is 0 Å². The minimum Gasteiger partial charge on any atom is -0.369 e. The zero-order valence-corrected chi connectivity index (χ0v) is 20.4.